The van der Waals surface area contributed by atoms with Crippen LogP contribution < -0.4 is 5.32 Å². The maximum absolute atomic E-state index is 14.0. The van der Waals surface area contributed by atoms with Gasteiger partial charge in [-0.05, 0) is 50.2 Å². The van der Waals surface area contributed by atoms with Gasteiger partial charge in [-0.2, -0.15) is 0 Å². The first kappa shape index (κ1) is 21.3. The molecule has 2 aliphatic rings. The van der Waals surface area contributed by atoms with Crippen molar-refractivity contribution in [1.29, 1.82) is 0 Å². The molecule has 2 atom stereocenters. The lowest BCUT2D eigenvalue weighted by molar-refractivity contribution is -0.142. The molecule has 6 nitrogen and oxygen atoms in total. The zero-order chi connectivity index (χ0) is 21.0. The Bertz CT molecular complexity index is 765. The lowest BCUT2D eigenvalue weighted by Gasteiger charge is -2.32. The average Bonchev–Trinajstić information content (AvgIpc) is 3.54. The van der Waals surface area contributed by atoms with Crippen molar-refractivity contribution in [3.8, 4) is 0 Å². The second-order valence-electron chi connectivity index (χ2n) is 8.17. The summed E-state index contributed by atoms with van der Waals surface area (Å²) in [5.74, 6) is -0.977. The summed E-state index contributed by atoms with van der Waals surface area (Å²) in [5, 5.41) is 2.90. The molecule has 1 saturated heterocycles. The van der Waals surface area contributed by atoms with E-state index in [9.17, 15) is 18.8 Å². The largest absolute Gasteiger partial charge is 0.354 e. The van der Waals surface area contributed by atoms with Crippen LogP contribution in [0.1, 0.15) is 50.5 Å². The minimum absolute atomic E-state index is 0.0352. The molecule has 3 amide bonds. The van der Waals surface area contributed by atoms with E-state index < -0.39 is 11.7 Å². The predicted octanol–water partition coefficient (Wildman–Crippen LogP) is 2.29. The number of amides is 3. The molecule has 0 aromatic heterocycles. The number of nitrogens with one attached hydrogen (secondary N) is 1. The maximum atomic E-state index is 14.0. The van der Waals surface area contributed by atoms with Crippen molar-refractivity contribution in [2.24, 2.45) is 5.92 Å². The van der Waals surface area contributed by atoms with Crippen LogP contribution >= 0.6 is 0 Å². The third-order valence-electron chi connectivity index (χ3n) is 6.05. The number of halogens is 1. The molecule has 1 aromatic rings. The molecular formula is C22H30FN3O3. The SMILES string of the molecule is CC(C(=O)NCC(C1CC1)N(C)C(=O)CN1CCCCC1=O)c1ccccc1F. The molecule has 7 heteroatoms. The molecule has 158 valence electrons. The molecule has 1 aromatic carbocycles. The van der Waals surface area contributed by atoms with Gasteiger partial charge in [0.05, 0.1) is 18.5 Å². The molecule has 1 aliphatic heterocycles. The van der Waals surface area contributed by atoms with E-state index in [1.807, 2.05) is 0 Å². The molecule has 2 unspecified atom stereocenters. The summed E-state index contributed by atoms with van der Waals surface area (Å²) in [6, 6.07) is 6.16. The Labute approximate surface area is 171 Å². The summed E-state index contributed by atoms with van der Waals surface area (Å²) >= 11 is 0. The Morgan fingerprint density at radius 1 is 1.28 bits per heavy atom. The van der Waals surface area contributed by atoms with Crippen molar-refractivity contribution in [2.45, 2.75) is 51.0 Å². The molecule has 0 bridgehead atoms. The Morgan fingerprint density at radius 3 is 2.66 bits per heavy atom. The van der Waals surface area contributed by atoms with Gasteiger partial charge < -0.3 is 15.1 Å². The molecule has 0 radical (unpaired) electrons. The lowest BCUT2D eigenvalue weighted by atomic mass is 9.99. The van der Waals surface area contributed by atoms with Crippen LogP contribution in [0.2, 0.25) is 0 Å². The predicted molar refractivity (Wildman–Crippen MR) is 108 cm³/mol. The maximum Gasteiger partial charge on any atom is 0.242 e. The van der Waals surface area contributed by atoms with Gasteiger partial charge in [-0.1, -0.05) is 18.2 Å². The van der Waals surface area contributed by atoms with Crippen molar-refractivity contribution in [3.05, 3.63) is 35.6 Å². The van der Waals surface area contributed by atoms with Gasteiger partial charge in [-0.25, -0.2) is 4.39 Å². The first-order chi connectivity index (χ1) is 13.9. The van der Waals surface area contributed by atoms with Crippen LogP contribution in [0, 0.1) is 11.7 Å². The number of hydrogen-bond donors (Lipinski definition) is 1. The third kappa shape index (κ3) is 5.34. The molecule has 2 fully saturated rings. The lowest BCUT2D eigenvalue weighted by Crippen LogP contribution is -2.50. The van der Waals surface area contributed by atoms with Crippen molar-refractivity contribution in [1.82, 2.24) is 15.1 Å². The minimum Gasteiger partial charge on any atom is -0.354 e. The molecule has 0 spiro atoms. The molecule has 1 saturated carbocycles. The summed E-state index contributed by atoms with van der Waals surface area (Å²) in [6.45, 7) is 2.73. The Kier molecular flexibility index (Phi) is 6.87. The van der Waals surface area contributed by atoms with E-state index >= 15 is 0 Å². The van der Waals surface area contributed by atoms with E-state index in [0.29, 0.717) is 31.0 Å². The zero-order valence-electron chi connectivity index (χ0n) is 17.2. The number of likely N-dealkylation sites (tertiary alicyclic amines) is 1. The van der Waals surface area contributed by atoms with Gasteiger partial charge in [-0.15, -0.1) is 0 Å². The highest BCUT2D eigenvalue weighted by molar-refractivity contribution is 5.85. The number of rotatable bonds is 8. The van der Waals surface area contributed by atoms with Gasteiger partial charge in [-0.3, -0.25) is 14.4 Å². The van der Waals surface area contributed by atoms with Crippen molar-refractivity contribution >= 4 is 17.7 Å². The number of piperidine rings is 1. The van der Waals surface area contributed by atoms with Gasteiger partial charge in [0.25, 0.3) is 0 Å². The minimum atomic E-state index is -0.608. The number of likely N-dealkylation sites (N-methyl/N-ethyl adjacent to an activating group) is 1. The second kappa shape index (κ2) is 9.37. The second-order valence-corrected chi connectivity index (χ2v) is 8.17. The highest BCUT2D eigenvalue weighted by Crippen LogP contribution is 2.35. The molecular weight excluding hydrogens is 373 g/mol. The van der Waals surface area contributed by atoms with Crippen LogP contribution in [0.5, 0.6) is 0 Å². The van der Waals surface area contributed by atoms with Crippen molar-refractivity contribution in [2.75, 3.05) is 26.7 Å². The number of benzene rings is 1. The summed E-state index contributed by atoms with van der Waals surface area (Å²) in [5.41, 5.74) is 0.362. The van der Waals surface area contributed by atoms with E-state index in [2.05, 4.69) is 5.32 Å². The third-order valence-corrected chi connectivity index (χ3v) is 6.05. The fraction of sp³-hybridized carbons (Fsp3) is 0.591. The number of nitrogens with zero attached hydrogens (tertiary/aromatic N) is 2. The molecule has 1 N–H and O–H groups in total. The normalized spacial score (nSPS) is 18.9. The monoisotopic (exact) mass is 403 g/mol. The van der Waals surface area contributed by atoms with Crippen LogP contribution in [0.15, 0.2) is 24.3 Å². The first-order valence-electron chi connectivity index (χ1n) is 10.4. The average molecular weight is 403 g/mol. The molecule has 29 heavy (non-hydrogen) atoms. The van der Waals surface area contributed by atoms with Gasteiger partial charge in [0.15, 0.2) is 0 Å². The van der Waals surface area contributed by atoms with Crippen molar-refractivity contribution < 1.29 is 18.8 Å². The van der Waals surface area contributed by atoms with E-state index in [1.54, 1.807) is 42.0 Å². The fourth-order valence-electron chi connectivity index (χ4n) is 3.92. The van der Waals surface area contributed by atoms with E-state index in [0.717, 1.165) is 25.7 Å². The quantitative estimate of drug-likeness (QED) is 0.724. The Hall–Kier alpha value is -2.44. The van der Waals surface area contributed by atoms with Crippen LogP contribution in [-0.4, -0.2) is 60.2 Å². The van der Waals surface area contributed by atoms with Gasteiger partial charge in [0, 0.05) is 26.6 Å². The standard InChI is InChI=1S/C22H30FN3O3/c1-15(17-7-3-4-8-18(17)23)22(29)24-13-19(16-10-11-16)25(2)21(28)14-26-12-6-5-9-20(26)27/h3-4,7-8,15-16,19H,5-6,9-14H2,1-2H3,(H,24,29). The number of carbonyl (C=O) groups excluding carboxylic acids is 3. The molecule has 3 rings (SSSR count). The van der Waals surface area contributed by atoms with E-state index in [4.69, 9.17) is 0 Å². The van der Waals surface area contributed by atoms with Crippen LogP contribution in [0.25, 0.3) is 0 Å². The Balaban J connectivity index is 1.57. The molecule has 1 aliphatic carbocycles. The Morgan fingerprint density at radius 2 is 2.00 bits per heavy atom. The zero-order valence-corrected chi connectivity index (χ0v) is 17.2. The van der Waals surface area contributed by atoms with Crippen LogP contribution in [-0.2, 0) is 14.4 Å². The van der Waals surface area contributed by atoms with E-state index in [1.165, 1.54) is 6.07 Å². The summed E-state index contributed by atoms with van der Waals surface area (Å²) in [7, 11) is 1.74. The van der Waals surface area contributed by atoms with Crippen LogP contribution in [0.4, 0.5) is 4.39 Å². The van der Waals surface area contributed by atoms with Gasteiger partial charge in [0.1, 0.15) is 5.82 Å². The van der Waals surface area contributed by atoms with Gasteiger partial charge >= 0.3 is 0 Å². The topological polar surface area (TPSA) is 69.7 Å². The van der Waals surface area contributed by atoms with Crippen molar-refractivity contribution in [3.63, 3.8) is 0 Å². The van der Waals surface area contributed by atoms with Gasteiger partial charge in [0.2, 0.25) is 17.7 Å². The number of hydrogen-bond acceptors (Lipinski definition) is 3. The highest BCUT2D eigenvalue weighted by atomic mass is 19.1. The highest BCUT2D eigenvalue weighted by Gasteiger charge is 2.37. The molecule has 1 heterocycles. The first-order valence-corrected chi connectivity index (χ1v) is 10.4. The summed E-state index contributed by atoms with van der Waals surface area (Å²) < 4.78 is 14.0. The fourth-order valence-corrected chi connectivity index (χ4v) is 3.92. The van der Waals surface area contributed by atoms with E-state index in [-0.39, 0.29) is 30.3 Å². The smallest absolute Gasteiger partial charge is 0.242 e. The number of carbonyl (C=O) groups is 3. The summed E-state index contributed by atoms with van der Waals surface area (Å²) in [6.07, 6.45) is 4.36. The summed E-state index contributed by atoms with van der Waals surface area (Å²) in [4.78, 5) is 40.6. The van der Waals surface area contributed by atoms with Crippen LogP contribution in [0.3, 0.4) is 0 Å².